The molecule has 0 aliphatic rings. The molecular weight excluding hydrogens is 268 g/mol. The van der Waals surface area contributed by atoms with Gasteiger partial charge < -0.3 is 0 Å². The molecule has 0 spiro atoms. The van der Waals surface area contributed by atoms with E-state index >= 15 is 0 Å². The van der Waals surface area contributed by atoms with E-state index in [-0.39, 0.29) is 0 Å². The molecule has 0 amide bonds. The van der Waals surface area contributed by atoms with Crippen LogP contribution >= 0.6 is 11.6 Å². The van der Waals surface area contributed by atoms with Crippen molar-refractivity contribution in [2.45, 2.75) is 47.5 Å². The quantitative estimate of drug-likeness (QED) is 0.672. The lowest BCUT2D eigenvalue weighted by Crippen LogP contribution is -1.88. The molecule has 3 heteroatoms. The summed E-state index contributed by atoms with van der Waals surface area (Å²) in [7, 11) is 1.91. The Bertz CT molecular complexity index is 501. The number of aromatic nitrogens is 2. The minimum absolute atomic E-state index is 0.507. The molecule has 0 bridgehead atoms. The van der Waals surface area contributed by atoms with Crippen molar-refractivity contribution < 1.29 is 0 Å². The highest BCUT2D eigenvalue weighted by Gasteiger charge is 2.08. The first-order chi connectivity index (χ1) is 9.58. The Morgan fingerprint density at radius 2 is 1.70 bits per heavy atom. The molecule has 1 aromatic heterocycles. The summed E-state index contributed by atoms with van der Waals surface area (Å²) in [6.07, 6.45) is 3.82. The second kappa shape index (κ2) is 9.60. The van der Waals surface area contributed by atoms with Crippen molar-refractivity contribution in [1.82, 2.24) is 9.78 Å². The Morgan fingerprint density at radius 1 is 1.10 bits per heavy atom. The van der Waals surface area contributed by atoms with Crippen LogP contribution in [0, 0.1) is 0 Å². The number of benzene rings is 1. The smallest absolute Gasteiger partial charge is 0.0568 e. The lowest BCUT2D eigenvalue weighted by molar-refractivity contribution is 0.768. The maximum atomic E-state index is 6.21. The first kappa shape index (κ1) is 18.7. The minimum Gasteiger partial charge on any atom is -0.275 e. The number of aryl methyl sites for hydroxylation is 1. The van der Waals surface area contributed by atoms with Gasteiger partial charge in [0.15, 0.2) is 0 Å². The Kier molecular flexibility index (Phi) is 8.98. The lowest BCUT2D eigenvalue weighted by Gasteiger charge is -2.08. The first-order valence-electron chi connectivity index (χ1n) is 7.36. The molecule has 2 nitrogen and oxygen atoms in total. The second-order valence-electron chi connectivity index (χ2n) is 4.30. The van der Waals surface area contributed by atoms with Crippen molar-refractivity contribution in [1.29, 1.82) is 0 Å². The van der Waals surface area contributed by atoms with Crippen LogP contribution in [0.25, 0.3) is 11.1 Å². The van der Waals surface area contributed by atoms with Gasteiger partial charge in [-0.3, -0.25) is 4.68 Å². The zero-order valence-electron chi connectivity index (χ0n) is 13.7. The van der Waals surface area contributed by atoms with E-state index in [9.17, 15) is 0 Å². The average molecular weight is 295 g/mol. The van der Waals surface area contributed by atoms with Crippen molar-refractivity contribution in [3.05, 3.63) is 41.2 Å². The van der Waals surface area contributed by atoms with Crippen molar-refractivity contribution in [3.8, 4) is 11.1 Å². The third-order valence-corrected chi connectivity index (χ3v) is 3.00. The molecule has 0 N–H and O–H groups in total. The van der Waals surface area contributed by atoms with Crippen LogP contribution in [0.5, 0.6) is 0 Å². The molecule has 1 heterocycles. The van der Waals surface area contributed by atoms with Crippen molar-refractivity contribution in [2.24, 2.45) is 7.05 Å². The molecule has 0 aliphatic heterocycles. The highest BCUT2D eigenvalue weighted by atomic mass is 35.5. The van der Waals surface area contributed by atoms with Gasteiger partial charge in [-0.1, -0.05) is 59.2 Å². The molecule has 1 aromatic carbocycles. The van der Waals surface area contributed by atoms with E-state index in [2.05, 4.69) is 31.1 Å². The fourth-order valence-corrected chi connectivity index (χ4v) is 1.91. The van der Waals surface area contributed by atoms with Gasteiger partial charge in [0.1, 0.15) is 0 Å². The standard InChI is InChI=1S/C13H15ClN2.2C2H6/c1-9(2)10-4-5-13(14)12(6-10)11-7-15-16(3)8-11;2*1-2/h4-9H,1-3H3;2*1-2H3. The van der Waals surface area contributed by atoms with E-state index in [1.165, 1.54) is 5.56 Å². The molecule has 112 valence electrons. The predicted molar refractivity (Wildman–Crippen MR) is 90.4 cm³/mol. The average Bonchev–Trinajstić information content (AvgIpc) is 2.90. The Hall–Kier alpha value is -1.28. The molecule has 0 unspecified atom stereocenters. The summed E-state index contributed by atoms with van der Waals surface area (Å²) in [5.41, 5.74) is 3.42. The molecule has 0 atom stereocenters. The Morgan fingerprint density at radius 3 is 2.15 bits per heavy atom. The maximum absolute atomic E-state index is 6.21. The third-order valence-electron chi connectivity index (χ3n) is 2.67. The summed E-state index contributed by atoms with van der Waals surface area (Å²) in [5, 5.41) is 4.94. The van der Waals surface area contributed by atoms with Gasteiger partial charge in [0.2, 0.25) is 0 Å². The highest BCUT2D eigenvalue weighted by molar-refractivity contribution is 6.33. The predicted octanol–water partition coefficient (Wildman–Crippen LogP) is 5.92. The van der Waals surface area contributed by atoms with Crippen LogP contribution in [0.1, 0.15) is 53.0 Å². The monoisotopic (exact) mass is 294 g/mol. The van der Waals surface area contributed by atoms with Crippen LogP contribution in [-0.4, -0.2) is 9.78 Å². The summed E-state index contributed by atoms with van der Waals surface area (Å²) in [6.45, 7) is 12.4. The normalized spacial score (nSPS) is 9.45. The number of rotatable bonds is 2. The molecule has 2 aromatic rings. The second-order valence-corrected chi connectivity index (χ2v) is 4.70. The molecular formula is C17H27ClN2. The lowest BCUT2D eigenvalue weighted by atomic mass is 9.99. The van der Waals surface area contributed by atoms with E-state index in [0.717, 1.165) is 16.1 Å². The SMILES string of the molecule is CC.CC.CC(C)c1ccc(Cl)c(-c2cnn(C)c2)c1. The van der Waals surface area contributed by atoms with Gasteiger partial charge in [-0.15, -0.1) is 0 Å². The topological polar surface area (TPSA) is 17.8 Å². The minimum atomic E-state index is 0.507. The molecule has 20 heavy (non-hydrogen) atoms. The molecule has 0 aliphatic carbocycles. The van der Waals surface area contributed by atoms with Crippen LogP contribution < -0.4 is 0 Å². The Labute approximate surface area is 128 Å². The maximum Gasteiger partial charge on any atom is 0.0568 e. The molecule has 0 saturated heterocycles. The summed E-state index contributed by atoms with van der Waals surface area (Å²) in [5.74, 6) is 0.507. The summed E-state index contributed by atoms with van der Waals surface area (Å²) in [6, 6.07) is 6.18. The van der Waals surface area contributed by atoms with Crippen LogP contribution in [0.15, 0.2) is 30.6 Å². The Balaban J connectivity index is 0.000000829. The van der Waals surface area contributed by atoms with Crippen LogP contribution in [0.2, 0.25) is 5.02 Å². The molecule has 2 rings (SSSR count). The van der Waals surface area contributed by atoms with Crippen molar-refractivity contribution >= 4 is 11.6 Å². The zero-order chi connectivity index (χ0) is 15.7. The van der Waals surface area contributed by atoms with Crippen molar-refractivity contribution in [2.75, 3.05) is 0 Å². The fourth-order valence-electron chi connectivity index (χ4n) is 1.68. The van der Waals surface area contributed by atoms with Gasteiger partial charge in [0, 0.05) is 29.4 Å². The number of nitrogens with zero attached hydrogens (tertiary/aromatic N) is 2. The van der Waals surface area contributed by atoms with Gasteiger partial charge >= 0.3 is 0 Å². The summed E-state index contributed by atoms with van der Waals surface area (Å²) in [4.78, 5) is 0. The number of hydrogen-bond acceptors (Lipinski definition) is 1. The van der Waals surface area contributed by atoms with Gasteiger partial charge in [-0.25, -0.2) is 0 Å². The van der Waals surface area contributed by atoms with Gasteiger partial charge in [0.05, 0.1) is 6.20 Å². The van der Waals surface area contributed by atoms with E-state index in [1.54, 1.807) is 4.68 Å². The third kappa shape index (κ3) is 5.01. The highest BCUT2D eigenvalue weighted by Crippen LogP contribution is 2.30. The van der Waals surface area contributed by atoms with Gasteiger partial charge in [0.25, 0.3) is 0 Å². The number of halogens is 1. The van der Waals surface area contributed by atoms with Crippen LogP contribution in [0.3, 0.4) is 0 Å². The van der Waals surface area contributed by atoms with E-state index in [1.807, 2.05) is 53.2 Å². The fraction of sp³-hybridized carbons (Fsp3) is 0.471. The zero-order valence-corrected chi connectivity index (χ0v) is 14.5. The van der Waals surface area contributed by atoms with Gasteiger partial charge in [-0.05, 0) is 23.6 Å². The van der Waals surface area contributed by atoms with E-state index in [4.69, 9.17) is 11.6 Å². The summed E-state index contributed by atoms with van der Waals surface area (Å²) >= 11 is 6.21. The van der Waals surface area contributed by atoms with Crippen LogP contribution in [-0.2, 0) is 7.05 Å². The summed E-state index contributed by atoms with van der Waals surface area (Å²) < 4.78 is 1.79. The molecule has 0 fully saturated rings. The largest absolute Gasteiger partial charge is 0.275 e. The first-order valence-corrected chi connectivity index (χ1v) is 7.74. The number of hydrogen-bond donors (Lipinski definition) is 0. The van der Waals surface area contributed by atoms with Crippen molar-refractivity contribution in [3.63, 3.8) is 0 Å². The van der Waals surface area contributed by atoms with E-state index in [0.29, 0.717) is 5.92 Å². The van der Waals surface area contributed by atoms with Gasteiger partial charge in [-0.2, -0.15) is 5.10 Å². The molecule has 0 saturated carbocycles. The van der Waals surface area contributed by atoms with E-state index < -0.39 is 0 Å². The van der Waals surface area contributed by atoms with Crippen LogP contribution in [0.4, 0.5) is 0 Å². The molecule has 0 radical (unpaired) electrons.